The summed E-state index contributed by atoms with van der Waals surface area (Å²) in [6.45, 7) is 4.50. The zero-order valence-corrected chi connectivity index (χ0v) is 28.3. The molecule has 0 atom stereocenters. The lowest BCUT2D eigenvalue weighted by Gasteiger charge is -2.21. The van der Waals surface area contributed by atoms with E-state index in [4.69, 9.17) is 15.0 Å². The maximum Gasteiger partial charge on any atom is 0.165 e. The maximum absolute atomic E-state index is 9.63. The highest BCUT2D eigenvalue weighted by Crippen LogP contribution is 2.52. The molecule has 1 aliphatic carbocycles. The van der Waals surface area contributed by atoms with Crippen molar-refractivity contribution in [1.29, 1.82) is 5.26 Å². The third-order valence-corrected chi connectivity index (χ3v) is 10.2. The van der Waals surface area contributed by atoms with E-state index in [1.807, 2.05) is 66.7 Å². The zero-order chi connectivity index (χ0) is 34.5. The molecule has 1 heterocycles. The number of hydrogen-bond donors (Lipinski definition) is 0. The van der Waals surface area contributed by atoms with Crippen LogP contribution in [0.1, 0.15) is 30.5 Å². The first-order valence-corrected chi connectivity index (χ1v) is 17.2. The summed E-state index contributed by atoms with van der Waals surface area (Å²) in [6, 6.07) is 56.9. The Morgan fingerprint density at radius 2 is 1.02 bits per heavy atom. The van der Waals surface area contributed by atoms with Crippen LogP contribution in [0.3, 0.4) is 0 Å². The van der Waals surface area contributed by atoms with Crippen LogP contribution in [0.5, 0.6) is 0 Å². The van der Waals surface area contributed by atoms with Crippen LogP contribution < -0.4 is 0 Å². The molecule has 0 saturated carbocycles. The van der Waals surface area contributed by atoms with Crippen molar-refractivity contribution in [3.05, 3.63) is 174 Å². The van der Waals surface area contributed by atoms with Gasteiger partial charge in [0.2, 0.25) is 0 Å². The molecule has 0 spiro atoms. The Balaban J connectivity index is 1.21. The normalized spacial score (nSPS) is 12.6. The predicted octanol–water partition coefficient (Wildman–Crippen LogP) is 11.5. The Morgan fingerprint density at radius 1 is 0.451 bits per heavy atom. The van der Waals surface area contributed by atoms with Crippen LogP contribution in [0.4, 0.5) is 0 Å². The lowest BCUT2D eigenvalue weighted by Crippen LogP contribution is -2.15. The largest absolute Gasteiger partial charge is 0.208 e. The van der Waals surface area contributed by atoms with Crippen molar-refractivity contribution < 1.29 is 0 Å². The first-order chi connectivity index (χ1) is 25.0. The smallest absolute Gasteiger partial charge is 0.165 e. The van der Waals surface area contributed by atoms with Crippen LogP contribution in [0.25, 0.3) is 78.3 Å². The van der Waals surface area contributed by atoms with Crippen LogP contribution in [0.15, 0.2) is 158 Å². The lowest BCUT2D eigenvalue weighted by atomic mass is 9.81. The highest BCUT2D eigenvalue weighted by atomic mass is 15.0. The molecular formula is C47H32N4. The van der Waals surface area contributed by atoms with Gasteiger partial charge in [0, 0.05) is 22.1 Å². The van der Waals surface area contributed by atoms with Crippen LogP contribution in [-0.4, -0.2) is 15.0 Å². The van der Waals surface area contributed by atoms with Gasteiger partial charge in [-0.25, -0.2) is 15.0 Å². The molecule has 0 bridgehead atoms. The maximum atomic E-state index is 9.63. The number of aromatic nitrogens is 3. The van der Waals surface area contributed by atoms with E-state index in [2.05, 4.69) is 111 Å². The van der Waals surface area contributed by atoms with E-state index in [-0.39, 0.29) is 5.41 Å². The van der Waals surface area contributed by atoms with Gasteiger partial charge in [-0.2, -0.15) is 5.26 Å². The van der Waals surface area contributed by atoms with Gasteiger partial charge >= 0.3 is 0 Å². The highest BCUT2D eigenvalue weighted by Gasteiger charge is 2.37. The van der Waals surface area contributed by atoms with E-state index < -0.39 is 0 Å². The first kappa shape index (κ1) is 30.4. The fourth-order valence-electron chi connectivity index (χ4n) is 7.60. The van der Waals surface area contributed by atoms with Gasteiger partial charge in [0.25, 0.3) is 0 Å². The molecule has 0 N–H and O–H groups in total. The molecule has 0 saturated heterocycles. The van der Waals surface area contributed by atoms with Crippen molar-refractivity contribution in [1.82, 2.24) is 15.0 Å². The van der Waals surface area contributed by atoms with Crippen molar-refractivity contribution in [2.75, 3.05) is 0 Å². The quantitative estimate of drug-likeness (QED) is 0.186. The Hall–Kier alpha value is -6.70. The minimum Gasteiger partial charge on any atom is -0.208 e. The monoisotopic (exact) mass is 652 g/mol. The summed E-state index contributed by atoms with van der Waals surface area (Å²) in [6.07, 6.45) is 0. The van der Waals surface area contributed by atoms with Gasteiger partial charge in [0.15, 0.2) is 17.5 Å². The molecule has 4 heteroatoms. The number of nitriles is 1. The van der Waals surface area contributed by atoms with Crippen molar-refractivity contribution in [3.8, 4) is 73.6 Å². The summed E-state index contributed by atoms with van der Waals surface area (Å²) < 4.78 is 0. The Labute approximate surface area is 297 Å². The first-order valence-electron chi connectivity index (χ1n) is 17.2. The fourth-order valence-corrected chi connectivity index (χ4v) is 7.60. The molecule has 0 fully saturated rings. The molecule has 9 rings (SSSR count). The molecule has 240 valence electrons. The SMILES string of the molecule is CC1(C)c2cc(C#N)ccc2-c2c(-c3ccc(-c4ccc5ccccc5c4-c4nc(-c5ccccc5)nc(-c5ccccc5)n4)cc3)cccc21. The number of rotatable bonds is 5. The molecule has 1 aromatic heterocycles. The molecule has 1 aliphatic rings. The van der Waals surface area contributed by atoms with Gasteiger partial charge in [-0.3, -0.25) is 0 Å². The minimum atomic E-state index is -0.199. The number of benzene rings is 7. The number of hydrogen-bond acceptors (Lipinski definition) is 4. The van der Waals surface area contributed by atoms with Crippen LogP contribution in [-0.2, 0) is 5.41 Å². The van der Waals surface area contributed by atoms with Crippen molar-refractivity contribution in [2.24, 2.45) is 0 Å². The van der Waals surface area contributed by atoms with Gasteiger partial charge in [0.05, 0.1) is 11.6 Å². The van der Waals surface area contributed by atoms with E-state index >= 15 is 0 Å². The van der Waals surface area contributed by atoms with Crippen LogP contribution >= 0.6 is 0 Å². The van der Waals surface area contributed by atoms with E-state index in [0.717, 1.165) is 44.2 Å². The third kappa shape index (κ3) is 5.10. The fraction of sp³-hybridized carbons (Fsp3) is 0.0638. The summed E-state index contributed by atoms with van der Waals surface area (Å²) in [4.78, 5) is 15.2. The van der Waals surface area contributed by atoms with Crippen molar-refractivity contribution >= 4 is 10.8 Å². The van der Waals surface area contributed by atoms with Crippen molar-refractivity contribution in [2.45, 2.75) is 19.3 Å². The zero-order valence-electron chi connectivity index (χ0n) is 28.3. The van der Waals surface area contributed by atoms with E-state index in [1.54, 1.807) is 0 Å². The Morgan fingerprint density at radius 3 is 1.67 bits per heavy atom. The molecule has 0 unspecified atom stereocenters. The summed E-state index contributed by atoms with van der Waals surface area (Å²) in [5, 5.41) is 11.8. The van der Waals surface area contributed by atoms with Crippen molar-refractivity contribution in [3.63, 3.8) is 0 Å². The number of fused-ring (bicyclic) bond motifs is 4. The average Bonchev–Trinajstić information content (AvgIpc) is 3.43. The standard InChI is InChI=1S/C47H32N4/c1-47(2)40-19-11-18-36(42(40)39-26-20-30(29-48)28-41(39)47)32-21-23-33(24-22-32)38-27-25-31-12-9-10-17-37(31)43(38)46-50-44(34-13-5-3-6-14-34)49-45(51-46)35-15-7-4-8-16-35/h3-28H,1-2H3. The molecule has 0 amide bonds. The van der Waals surface area contributed by atoms with Gasteiger partial charge in [-0.15, -0.1) is 0 Å². The molecule has 0 aliphatic heterocycles. The van der Waals surface area contributed by atoms with Gasteiger partial charge < -0.3 is 0 Å². The van der Waals surface area contributed by atoms with Crippen LogP contribution in [0, 0.1) is 11.3 Å². The molecule has 4 nitrogen and oxygen atoms in total. The Bertz CT molecular complexity index is 2600. The molecule has 0 radical (unpaired) electrons. The summed E-state index contributed by atoms with van der Waals surface area (Å²) in [5.74, 6) is 1.91. The number of nitrogens with zero attached hydrogens (tertiary/aromatic N) is 4. The van der Waals surface area contributed by atoms with E-state index in [9.17, 15) is 5.26 Å². The summed E-state index contributed by atoms with van der Waals surface area (Å²) in [7, 11) is 0. The van der Waals surface area contributed by atoms with Gasteiger partial charge in [-0.1, -0.05) is 159 Å². The molecule has 51 heavy (non-hydrogen) atoms. The van der Waals surface area contributed by atoms with Gasteiger partial charge in [0.1, 0.15) is 0 Å². The molecular weight excluding hydrogens is 621 g/mol. The molecule has 8 aromatic rings. The van der Waals surface area contributed by atoms with Gasteiger partial charge in [-0.05, 0) is 67.4 Å². The lowest BCUT2D eigenvalue weighted by molar-refractivity contribution is 0.660. The molecule has 7 aromatic carbocycles. The topological polar surface area (TPSA) is 62.5 Å². The average molecular weight is 653 g/mol. The second-order valence-electron chi connectivity index (χ2n) is 13.6. The predicted molar refractivity (Wildman–Crippen MR) is 207 cm³/mol. The third-order valence-electron chi connectivity index (χ3n) is 10.2. The summed E-state index contributed by atoms with van der Waals surface area (Å²) in [5.41, 5.74) is 12.7. The minimum absolute atomic E-state index is 0.199. The van der Waals surface area contributed by atoms with E-state index in [1.165, 1.54) is 27.8 Å². The Kier molecular flexibility index (Phi) is 7.15. The second kappa shape index (κ2) is 12.0. The summed E-state index contributed by atoms with van der Waals surface area (Å²) >= 11 is 0. The second-order valence-corrected chi connectivity index (χ2v) is 13.6. The highest BCUT2D eigenvalue weighted by molar-refractivity contribution is 6.03. The van der Waals surface area contributed by atoms with E-state index in [0.29, 0.717) is 23.0 Å². The van der Waals surface area contributed by atoms with Crippen LogP contribution in [0.2, 0.25) is 0 Å².